The molecule has 73 heavy (non-hydrogen) atoms. The number of aromatic nitrogens is 7. The van der Waals surface area contributed by atoms with Gasteiger partial charge in [0.1, 0.15) is 11.2 Å². The molecule has 0 spiro atoms. The van der Waals surface area contributed by atoms with Crippen molar-refractivity contribution >= 4 is 76.6 Å². The Morgan fingerprint density at radius 2 is 0.795 bits per heavy atom. The Morgan fingerprint density at radius 3 is 1.44 bits per heavy atom. The predicted octanol–water partition coefficient (Wildman–Crippen LogP) is 16.2. The molecule has 0 fully saturated rings. The second-order valence-corrected chi connectivity index (χ2v) is 18.3. The van der Waals surface area contributed by atoms with Crippen LogP contribution < -0.4 is 0 Å². The predicted molar refractivity (Wildman–Crippen MR) is 296 cm³/mol. The maximum Gasteiger partial charge on any atom is 0.164 e. The van der Waals surface area contributed by atoms with E-state index in [0.29, 0.717) is 23.2 Å². The Kier molecular flexibility index (Phi) is 9.09. The number of hydrogen-bond donors (Lipinski definition) is 0. The first-order valence-corrected chi connectivity index (χ1v) is 24.4. The number of hydrogen-bond acceptors (Lipinski definition) is 6. The van der Waals surface area contributed by atoms with Gasteiger partial charge in [0, 0.05) is 66.1 Å². The zero-order valence-electron chi connectivity index (χ0n) is 39.1. The van der Waals surface area contributed by atoms with Crippen LogP contribution in [-0.2, 0) is 0 Å². The van der Waals surface area contributed by atoms with E-state index < -0.39 is 0 Å². The minimum Gasteiger partial charge on any atom is -0.455 e. The van der Waals surface area contributed by atoms with Crippen LogP contribution in [0, 0.1) is 0 Å². The van der Waals surface area contributed by atoms with Crippen LogP contribution in [0.1, 0.15) is 0 Å². The van der Waals surface area contributed by atoms with E-state index in [9.17, 15) is 0 Å². The number of benzene rings is 10. The van der Waals surface area contributed by atoms with E-state index in [2.05, 4.69) is 143 Å². The van der Waals surface area contributed by atoms with Gasteiger partial charge in [0.2, 0.25) is 0 Å². The molecule has 15 aromatic rings. The van der Waals surface area contributed by atoms with Gasteiger partial charge >= 0.3 is 0 Å². The lowest BCUT2D eigenvalue weighted by Crippen LogP contribution is -2.04. The summed E-state index contributed by atoms with van der Waals surface area (Å²) < 4.78 is 11.9. The van der Waals surface area contributed by atoms with E-state index in [1.807, 2.05) is 103 Å². The first-order valence-electron chi connectivity index (χ1n) is 24.4. The van der Waals surface area contributed by atoms with E-state index in [4.69, 9.17) is 29.3 Å². The Bertz CT molecular complexity index is 4600. The summed E-state index contributed by atoms with van der Waals surface area (Å²) in [6, 6.07) is 81.7. The van der Waals surface area contributed by atoms with Crippen molar-refractivity contribution in [3.8, 4) is 68.1 Å². The lowest BCUT2D eigenvalue weighted by molar-refractivity contribution is 0.673. The molecule has 0 saturated carbocycles. The van der Waals surface area contributed by atoms with Crippen LogP contribution in [-0.4, -0.2) is 34.1 Å². The van der Waals surface area contributed by atoms with Crippen molar-refractivity contribution < 1.29 is 4.42 Å². The van der Waals surface area contributed by atoms with Gasteiger partial charge in [0.15, 0.2) is 17.5 Å². The molecule has 0 aliphatic rings. The van der Waals surface area contributed by atoms with Gasteiger partial charge in [-0.1, -0.05) is 176 Å². The summed E-state index contributed by atoms with van der Waals surface area (Å²) in [7, 11) is 0. The molecular formula is C65H39N7O. The maximum absolute atomic E-state index is 7.10. The molecule has 0 N–H and O–H groups in total. The molecule has 0 radical (unpaired) electrons. The largest absolute Gasteiger partial charge is 0.455 e. The summed E-state index contributed by atoms with van der Waals surface area (Å²) in [4.78, 5) is 26.7. The molecule has 0 aliphatic carbocycles. The molecule has 0 saturated heterocycles. The van der Waals surface area contributed by atoms with Crippen molar-refractivity contribution in [1.29, 1.82) is 0 Å². The van der Waals surface area contributed by atoms with Gasteiger partial charge in [-0.2, -0.15) is 0 Å². The quantitative estimate of drug-likeness (QED) is 0.158. The van der Waals surface area contributed by atoms with Gasteiger partial charge in [0.25, 0.3) is 0 Å². The third kappa shape index (κ3) is 6.37. The van der Waals surface area contributed by atoms with Gasteiger partial charge in [0.05, 0.1) is 49.9 Å². The highest BCUT2D eigenvalue weighted by Crippen LogP contribution is 2.50. The molecular weight excluding hydrogens is 895 g/mol. The van der Waals surface area contributed by atoms with Crippen LogP contribution in [0.4, 0.5) is 0 Å². The van der Waals surface area contributed by atoms with Gasteiger partial charge in [-0.3, -0.25) is 0 Å². The van der Waals surface area contributed by atoms with Crippen LogP contribution in [0.2, 0.25) is 0 Å². The van der Waals surface area contributed by atoms with Crippen molar-refractivity contribution in [2.24, 2.45) is 0 Å². The molecule has 8 heteroatoms. The lowest BCUT2D eigenvalue weighted by atomic mass is 9.97. The molecule has 0 bridgehead atoms. The van der Waals surface area contributed by atoms with Crippen molar-refractivity contribution in [2.45, 2.75) is 0 Å². The summed E-state index contributed by atoms with van der Waals surface area (Å²) >= 11 is 0. The molecule has 5 heterocycles. The second-order valence-electron chi connectivity index (χ2n) is 18.3. The average Bonchev–Trinajstić information content (AvgIpc) is 4.14. The number of nitrogens with zero attached hydrogens (tertiary/aromatic N) is 7. The van der Waals surface area contributed by atoms with Crippen LogP contribution in [0.25, 0.3) is 145 Å². The van der Waals surface area contributed by atoms with Crippen molar-refractivity contribution in [3.05, 3.63) is 237 Å². The SMILES string of the molecule is c1ccc(-c2nc(-c3ccccc3)nc(-c3cc(-n4c5ccccc5c5c6oc7ccccc7c6c6c7ccccc7n(-c7ccccc7)c6c54)ccc3-c3nc4ccccc4nc3-c3ccccc3)n2)cc1. The van der Waals surface area contributed by atoms with Crippen LogP contribution >= 0.6 is 0 Å². The number of para-hydroxylation sites is 6. The van der Waals surface area contributed by atoms with E-state index in [1.54, 1.807) is 0 Å². The van der Waals surface area contributed by atoms with Crippen molar-refractivity contribution in [1.82, 2.24) is 34.1 Å². The third-order valence-corrected chi connectivity index (χ3v) is 14.1. The highest BCUT2D eigenvalue weighted by atomic mass is 16.3. The smallest absolute Gasteiger partial charge is 0.164 e. The molecule has 15 rings (SSSR count). The van der Waals surface area contributed by atoms with Crippen LogP contribution in [0.5, 0.6) is 0 Å². The summed E-state index contributed by atoms with van der Waals surface area (Å²) in [6.07, 6.45) is 0. The zero-order valence-corrected chi connectivity index (χ0v) is 39.1. The minimum absolute atomic E-state index is 0.502. The van der Waals surface area contributed by atoms with E-state index in [0.717, 1.165) is 121 Å². The zero-order chi connectivity index (χ0) is 48.0. The second kappa shape index (κ2) is 16.3. The van der Waals surface area contributed by atoms with Crippen molar-refractivity contribution in [2.75, 3.05) is 0 Å². The summed E-state index contributed by atoms with van der Waals surface area (Å²) in [6.45, 7) is 0. The number of rotatable bonds is 7. The topological polar surface area (TPSA) is 87.5 Å². The van der Waals surface area contributed by atoms with Gasteiger partial charge in [-0.25, -0.2) is 24.9 Å². The number of furan rings is 1. The van der Waals surface area contributed by atoms with Gasteiger partial charge < -0.3 is 13.6 Å². The molecule has 8 nitrogen and oxygen atoms in total. The fourth-order valence-electron chi connectivity index (χ4n) is 11.0. The number of fused-ring (bicyclic) bond motifs is 13. The Morgan fingerprint density at radius 1 is 0.315 bits per heavy atom. The molecule has 5 aromatic heterocycles. The third-order valence-electron chi connectivity index (χ3n) is 14.1. The molecule has 0 atom stereocenters. The summed E-state index contributed by atoms with van der Waals surface area (Å²) in [5.74, 6) is 1.63. The van der Waals surface area contributed by atoms with E-state index in [-0.39, 0.29) is 0 Å². The Labute approximate surface area is 417 Å². The monoisotopic (exact) mass is 933 g/mol. The molecule has 340 valence electrons. The molecule has 0 unspecified atom stereocenters. The highest BCUT2D eigenvalue weighted by Gasteiger charge is 2.29. The molecule has 10 aromatic carbocycles. The first-order chi connectivity index (χ1) is 36.2. The van der Waals surface area contributed by atoms with E-state index >= 15 is 0 Å². The molecule has 0 aliphatic heterocycles. The van der Waals surface area contributed by atoms with Crippen LogP contribution in [0.3, 0.4) is 0 Å². The molecule has 0 amide bonds. The van der Waals surface area contributed by atoms with Gasteiger partial charge in [-0.15, -0.1) is 0 Å². The van der Waals surface area contributed by atoms with Crippen LogP contribution in [0.15, 0.2) is 241 Å². The van der Waals surface area contributed by atoms with E-state index in [1.165, 1.54) is 0 Å². The standard InChI is InChI=1S/C65H39N7O/c1-5-21-40(22-6-1)58-59(67-51-33-17-16-32-50(51)66-58)45-38-37-44(39-49(45)65-69-63(41-23-7-2-8-24-41)68-64(70-65)42-25-9-3-10-26-42)72-53-35-19-14-30-47(53)57-61(72)60-55(56-48-31-15-20-36-54(48)73-62(56)57)46-29-13-18-34-52(46)71(60)43-27-11-4-12-28-43/h1-39H. The fraction of sp³-hybridized carbons (Fsp3) is 0. The minimum atomic E-state index is 0.502. The average molecular weight is 934 g/mol. The summed E-state index contributed by atoms with van der Waals surface area (Å²) in [5, 5.41) is 6.55. The fourth-order valence-corrected chi connectivity index (χ4v) is 11.0. The first kappa shape index (κ1) is 40.8. The van der Waals surface area contributed by atoms with Crippen molar-refractivity contribution in [3.63, 3.8) is 0 Å². The normalized spacial score (nSPS) is 11.8. The van der Waals surface area contributed by atoms with Gasteiger partial charge in [-0.05, 0) is 60.7 Å². The Balaban J connectivity index is 1.12. The maximum atomic E-state index is 7.10. The highest BCUT2D eigenvalue weighted by molar-refractivity contribution is 6.39. The Hall–Kier alpha value is -10.1. The lowest BCUT2D eigenvalue weighted by Gasteiger charge is -2.18. The summed E-state index contributed by atoms with van der Waals surface area (Å²) in [5.41, 5.74) is 15.2.